The van der Waals surface area contributed by atoms with Gasteiger partial charge in [0.05, 0.1) is 5.71 Å². The third-order valence-corrected chi connectivity index (χ3v) is 4.33. The van der Waals surface area contributed by atoms with Gasteiger partial charge in [-0.1, -0.05) is 42.4 Å². The van der Waals surface area contributed by atoms with Gasteiger partial charge in [0.15, 0.2) is 23.3 Å². The molecule has 0 radical (unpaired) electrons. The predicted molar refractivity (Wildman–Crippen MR) is 82.1 cm³/mol. The molecule has 8 heteroatoms. The third kappa shape index (κ3) is 2.95. The van der Waals surface area contributed by atoms with Crippen LogP contribution in [0.4, 0.5) is 22.0 Å². The third-order valence-electron chi connectivity index (χ3n) is 4.33. The fraction of sp³-hybridized carbons (Fsp3) is 0.222. The minimum Gasteiger partial charge on any atom is -0.313 e. The van der Waals surface area contributed by atoms with Gasteiger partial charge in [0.2, 0.25) is 5.82 Å². The monoisotopic (exact) mass is 369 g/mol. The van der Waals surface area contributed by atoms with Gasteiger partial charge >= 0.3 is 5.97 Å². The molecule has 0 amide bonds. The van der Waals surface area contributed by atoms with E-state index in [1.165, 1.54) is 0 Å². The van der Waals surface area contributed by atoms with Crippen molar-refractivity contribution in [2.75, 3.05) is 0 Å². The fourth-order valence-corrected chi connectivity index (χ4v) is 2.89. The summed E-state index contributed by atoms with van der Waals surface area (Å²) in [5.74, 6) is -13.0. The summed E-state index contributed by atoms with van der Waals surface area (Å²) in [6.45, 7) is 1.97. The van der Waals surface area contributed by atoms with Gasteiger partial charge in [0.25, 0.3) is 0 Å². The largest absolute Gasteiger partial charge is 0.371 e. The highest BCUT2D eigenvalue weighted by Gasteiger charge is 2.39. The molecule has 1 fully saturated rings. The van der Waals surface area contributed by atoms with Gasteiger partial charge in [-0.3, -0.25) is 0 Å². The van der Waals surface area contributed by atoms with Crippen LogP contribution >= 0.6 is 0 Å². The van der Waals surface area contributed by atoms with Gasteiger partial charge in [-0.2, -0.15) is 0 Å². The molecular weight excluding hydrogens is 357 g/mol. The molecule has 0 aromatic heterocycles. The van der Waals surface area contributed by atoms with Crippen LogP contribution in [-0.2, 0) is 10.3 Å². The van der Waals surface area contributed by atoms with E-state index < -0.39 is 40.6 Å². The lowest BCUT2D eigenvalue weighted by atomic mass is 9.65. The lowest BCUT2D eigenvalue weighted by Crippen LogP contribution is -2.39. The standard InChI is InChI=1S/C18H12F5NO2/c1-18(9-5-3-2-4-6-9)7-10(8-18)24-26-17(25)11-12(19)14(21)16(23)15(22)13(11)20/h2-6H,7-8H2,1H3. The number of carbonyl (C=O) groups is 1. The summed E-state index contributed by atoms with van der Waals surface area (Å²) in [7, 11) is 0. The Morgan fingerprint density at radius 2 is 1.42 bits per heavy atom. The first-order valence-electron chi connectivity index (χ1n) is 7.58. The van der Waals surface area contributed by atoms with Gasteiger partial charge in [-0.15, -0.1) is 0 Å². The average Bonchev–Trinajstić information content (AvgIpc) is 2.61. The second kappa shape index (κ2) is 6.51. The van der Waals surface area contributed by atoms with Crippen LogP contribution in [0.1, 0.15) is 35.7 Å². The number of hydrogen-bond donors (Lipinski definition) is 0. The molecule has 1 aliphatic carbocycles. The maximum absolute atomic E-state index is 13.5. The van der Waals surface area contributed by atoms with E-state index in [2.05, 4.69) is 9.99 Å². The van der Waals surface area contributed by atoms with E-state index in [0.717, 1.165) is 5.56 Å². The van der Waals surface area contributed by atoms with Crippen molar-refractivity contribution in [2.45, 2.75) is 25.2 Å². The minimum absolute atomic E-state index is 0.225. The SMILES string of the molecule is CC1(c2ccccc2)CC(=NOC(=O)c2c(F)c(F)c(F)c(F)c2F)C1. The quantitative estimate of drug-likeness (QED) is 0.260. The molecule has 1 saturated carbocycles. The molecule has 0 heterocycles. The molecule has 3 nitrogen and oxygen atoms in total. The smallest absolute Gasteiger partial charge is 0.313 e. The summed E-state index contributed by atoms with van der Waals surface area (Å²) < 4.78 is 66.3. The molecule has 0 N–H and O–H groups in total. The minimum atomic E-state index is -2.35. The first-order chi connectivity index (χ1) is 12.2. The zero-order valence-electron chi connectivity index (χ0n) is 13.5. The number of halogens is 5. The van der Waals surface area contributed by atoms with Crippen molar-refractivity contribution in [1.29, 1.82) is 0 Å². The first-order valence-corrected chi connectivity index (χ1v) is 7.58. The zero-order valence-corrected chi connectivity index (χ0v) is 13.5. The number of carbonyl (C=O) groups excluding carboxylic acids is 1. The van der Waals surface area contributed by atoms with Gasteiger partial charge < -0.3 is 4.84 Å². The Morgan fingerprint density at radius 3 is 1.96 bits per heavy atom. The number of hydrogen-bond acceptors (Lipinski definition) is 3. The molecule has 0 saturated heterocycles. The van der Waals surface area contributed by atoms with Crippen LogP contribution in [0.3, 0.4) is 0 Å². The van der Waals surface area contributed by atoms with Crippen molar-refractivity contribution in [3.8, 4) is 0 Å². The maximum atomic E-state index is 13.5. The Kier molecular flexibility index (Phi) is 4.52. The Labute approximate surface area is 145 Å². The summed E-state index contributed by atoms with van der Waals surface area (Å²) in [5, 5.41) is 3.49. The Balaban J connectivity index is 1.74. The number of oxime groups is 1. The molecule has 1 aliphatic rings. The Morgan fingerprint density at radius 1 is 0.923 bits per heavy atom. The second-order valence-electron chi connectivity index (χ2n) is 6.26. The van der Waals surface area contributed by atoms with E-state index in [0.29, 0.717) is 18.6 Å². The van der Waals surface area contributed by atoms with E-state index >= 15 is 0 Å². The van der Waals surface area contributed by atoms with E-state index in [9.17, 15) is 26.7 Å². The second-order valence-corrected chi connectivity index (χ2v) is 6.26. The number of rotatable bonds is 3. The van der Waals surface area contributed by atoms with Gasteiger partial charge in [0, 0.05) is 5.41 Å². The highest BCUT2D eigenvalue weighted by atomic mass is 19.2. The van der Waals surface area contributed by atoms with Gasteiger partial charge in [0.1, 0.15) is 5.56 Å². The summed E-state index contributed by atoms with van der Waals surface area (Å²) in [4.78, 5) is 16.1. The van der Waals surface area contributed by atoms with Crippen LogP contribution in [0.25, 0.3) is 0 Å². The van der Waals surface area contributed by atoms with Gasteiger partial charge in [-0.25, -0.2) is 26.7 Å². The highest BCUT2D eigenvalue weighted by Crippen LogP contribution is 2.41. The van der Waals surface area contributed by atoms with Crippen LogP contribution in [0, 0.1) is 29.1 Å². The topological polar surface area (TPSA) is 38.7 Å². The summed E-state index contributed by atoms with van der Waals surface area (Å²) in [6, 6.07) is 9.47. The molecule has 26 heavy (non-hydrogen) atoms. The molecule has 0 unspecified atom stereocenters. The predicted octanol–water partition coefficient (Wildman–Crippen LogP) is 4.65. The van der Waals surface area contributed by atoms with Crippen molar-refractivity contribution in [1.82, 2.24) is 0 Å². The average molecular weight is 369 g/mol. The maximum Gasteiger partial charge on any atom is 0.371 e. The first kappa shape index (κ1) is 18.0. The van der Waals surface area contributed by atoms with Crippen LogP contribution in [-0.4, -0.2) is 11.7 Å². The molecule has 2 aromatic rings. The van der Waals surface area contributed by atoms with Crippen molar-refractivity contribution in [3.05, 3.63) is 70.5 Å². The van der Waals surface area contributed by atoms with Crippen LogP contribution in [0.15, 0.2) is 35.5 Å². The van der Waals surface area contributed by atoms with Gasteiger partial charge in [-0.05, 0) is 18.4 Å². The van der Waals surface area contributed by atoms with Crippen LogP contribution in [0.2, 0.25) is 0 Å². The van der Waals surface area contributed by atoms with E-state index in [-0.39, 0.29) is 5.41 Å². The lowest BCUT2D eigenvalue weighted by molar-refractivity contribution is 0.0494. The summed E-state index contributed by atoms with van der Waals surface area (Å²) in [5.41, 5.74) is -0.411. The van der Waals surface area contributed by atoms with Crippen molar-refractivity contribution < 1.29 is 31.6 Å². The Bertz CT molecular complexity index is 875. The van der Waals surface area contributed by atoms with Crippen molar-refractivity contribution in [3.63, 3.8) is 0 Å². The molecular formula is C18H12F5NO2. The molecule has 2 aromatic carbocycles. The molecule has 0 atom stereocenters. The normalized spacial score (nSPS) is 19.1. The summed E-state index contributed by atoms with van der Waals surface area (Å²) in [6.07, 6.45) is 0.864. The molecule has 0 spiro atoms. The van der Waals surface area contributed by atoms with Crippen LogP contribution in [0.5, 0.6) is 0 Å². The van der Waals surface area contributed by atoms with Crippen molar-refractivity contribution >= 4 is 11.7 Å². The highest BCUT2D eigenvalue weighted by molar-refractivity contribution is 5.95. The van der Waals surface area contributed by atoms with E-state index in [1.807, 2.05) is 37.3 Å². The zero-order chi connectivity index (χ0) is 19.1. The summed E-state index contributed by atoms with van der Waals surface area (Å²) >= 11 is 0. The molecule has 0 bridgehead atoms. The number of benzene rings is 2. The fourth-order valence-electron chi connectivity index (χ4n) is 2.89. The molecule has 0 aliphatic heterocycles. The lowest BCUT2D eigenvalue weighted by Gasteiger charge is -2.39. The molecule has 3 rings (SSSR count). The van der Waals surface area contributed by atoms with Crippen LogP contribution < -0.4 is 0 Å². The number of nitrogens with zero attached hydrogens (tertiary/aromatic N) is 1. The Hall–Kier alpha value is -2.77. The van der Waals surface area contributed by atoms with E-state index in [1.54, 1.807) is 0 Å². The van der Waals surface area contributed by atoms with Crippen molar-refractivity contribution in [2.24, 2.45) is 5.16 Å². The molecule has 136 valence electrons. The van der Waals surface area contributed by atoms with E-state index in [4.69, 9.17) is 0 Å².